The molecule has 0 aliphatic heterocycles. The van der Waals surface area contributed by atoms with Crippen LogP contribution in [-0.4, -0.2) is 20.4 Å². The highest BCUT2D eigenvalue weighted by Gasteiger charge is 2.06. The highest BCUT2D eigenvalue weighted by Crippen LogP contribution is 2.35. The van der Waals surface area contributed by atoms with Crippen LogP contribution in [0, 0.1) is 0 Å². The second-order valence-corrected chi connectivity index (χ2v) is 3.54. The smallest absolute Gasteiger partial charge is 0.181 e. The number of phenols is 4. The van der Waals surface area contributed by atoms with Gasteiger partial charge in [0.1, 0.15) is 11.5 Å². The molecule has 0 radical (unpaired) electrons. The molecule has 0 atom stereocenters. The van der Waals surface area contributed by atoms with Crippen LogP contribution in [0.25, 0.3) is 0 Å². The van der Waals surface area contributed by atoms with Crippen LogP contribution in [0.15, 0.2) is 36.4 Å². The van der Waals surface area contributed by atoms with Crippen molar-refractivity contribution in [3.63, 3.8) is 0 Å². The van der Waals surface area contributed by atoms with E-state index in [1.807, 2.05) is 0 Å². The summed E-state index contributed by atoms with van der Waals surface area (Å²) in [5, 5.41) is 40.2. The molecule has 5 nitrogen and oxygen atoms in total. The van der Waals surface area contributed by atoms with Crippen LogP contribution in [0.3, 0.4) is 0 Å². The highest BCUT2D eigenvalue weighted by molar-refractivity contribution is 5.70. The maximum atomic E-state index is 9.56. The van der Waals surface area contributed by atoms with Crippen LogP contribution in [0.2, 0.25) is 0 Å². The van der Waals surface area contributed by atoms with Crippen LogP contribution in [0.1, 0.15) is 0 Å². The van der Waals surface area contributed by atoms with Crippen molar-refractivity contribution in [2.24, 2.45) is 0 Å². The van der Waals surface area contributed by atoms with Crippen molar-refractivity contribution in [3.8, 4) is 23.0 Å². The van der Waals surface area contributed by atoms with Crippen molar-refractivity contribution in [3.05, 3.63) is 36.4 Å². The van der Waals surface area contributed by atoms with Gasteiger partial charge in [-0.25, -0.2) is 0 Å². The summed E-state index contributed by atoms with van der Waals surface area (Å²) in [5.74, 6) is -0.756. The van der Waals surface area contributed by atoms with Gasteiger partial charge in [-0.3, -0.25) is 0 Å². The molecule has 0 aliphatic carbocycles. The average Bonchev–Trinajstić information content (AvgIpc) is 2.23. The second kappa shape index (κ2) is 4.13. The number of hydrogen-bond acceptors (Lipinski definition) is 5. The maximum Gasteiger partial charge on any atom is 0.181 e. The summed E-state index contributed by atoms with van der Waals surface area (Å²) in [6.45, 7) is 0. The Hall–Kier alpha value is -2.56. The number of phenolic OH excluding ortho intramolecular Hbond substituents is 4. The lowest BCUT2D eigenvalue weighted by Gasteiger charge is -2.10. The maximum absolute atomic E-state index is 9.56. The van der Waals surface area contributed by atoms with Crippen LogP contribution in [0.4, 0.5) is 11.4 Å². The summed E-state index contributed by atoms with van der Waals surface area (Å²) in [4.78, 5) is 0. The molecule has 2 aromatic carbocycles. The quantitative estimate of drug-likeness (QED) is 0.513. The number of hydrogen-bond donors (Lipinski definition) is 5. The zero-order valence-electron chi connectivity index (χ0n) is 8.75. The first-order valence-corrected chi connectivity index (χ1v) is 4.87. The van der Waals surface area contributed by atoms with Crippen LogP contribution < -0.4 is 5.32 Å². The van der Waals surface area contributed by atoms with Gasteiger partial charge in [0.25, 0.3) is 0 Å². The molecule has 5 N–H and O–H groups in total. The van der Waals surface area contributed by atoms with Crippen LogP contribution in [0.5, 0.6) is 23.0 Å². The van der Waals surface area contributed by atoms with Gasteiger partial charge < -0.3 is 25.7 Å². The molecule has 0 heterocycles. The molecule has 5 heteroatoms. The minimum Gasteiger partial charge on any atom is -0.508 e. The number of benzene rings is 2. The summed E-state index contributed by atoms with van der Waals surface area (Å²) in [6, 6.07) is 8.40. The van der Waals surface area contributed by atoms with Crippen molar-refractivity contribution in [2.75, 3.05) is 5.32 Å². The molecule has 0 amide bonds. The zero-order chi connectivity index (χ0) is 12.4. The van der Waals surface area contributed by atoms with Gasteiger partial charge in [-0.2, -0.15) is 0 Å². The van der Waals surface area contributed by atoms with Crippen LogP contribution in [-0.2, 0) is 0 Å². The summed E-state index contributed by atoms with van der Waals surface area (Å²) in [5.41, 5.74) is 0.665. The van der Waals surface area contributed by atoms with Crippen LogP contribution >= 0.6 is 0 Å². The Labute approximate surface area is 97.2 Å². The van der Waals surface area contributed by atoms with E-state index in [-0.39, 0.29) is 28.7 Å². The first-order valence-electron chi connectivity index (χ1n) is 4.87. The molecule has 0 unspecified atom stereocenters. The van der Waals surface area contributed by atoms with Gasteiger partial charge in [0.15, 0.2) is 11.5 Å². The standard InChI is InChI=1S/C12H11NO4/c14-8-4-7(5-9(15)6-8)13-10-2-1-3-11(16)12(10)17/h1-6,13-17H. The Bertz CT molecular complexity index is 534. The van der Waals surface area contributed by atoms with E-state index in [2.05, 4.69) is 5.32 Å². The van der Waals surface area contributed by atoms with E-state index in [0.29, 0.717) is 5.69 Å². The van der Waals surface area contributed by atoms with E-state index in [9.17, 15) is 20.4 Å². The normalized spacial score (nSPS) is 10.1. The van der Waals surface area contributed by atoms with Crippen molar-refractivity contribution in [2.45, 2.75) is 0 Å². The first kappa shape index (κ1) is 10.9. The van der Waals surface area contributed by atoms with Crippen molar-refractivity contribution in [1.82, 2.24) is 0 Å². The van der Waals surface area contributed by atoms with E-state index in [1.165, 1.54) is 24.3 Å². The molecule has 0 aliphatic rings. The van der Waals surface area contributed by atoms with E-state index >= 15 is 0 Å². The lowest BCUT2D eigenvalue weighted by Crippen LogP contribution is -1.90. The van der Waals surface area contributed by atoms with E-state index < -0.39 is 0 Å². The van der Waals surface area contributed by atoms with Gasteiger partial charge in [-0.1, -0.05) is 6.07 Å². The lowest BCUT2D eigenvalue weighted by molar-refractivity contribution is 0.405. The molecule has 0 saturated carbocycles. The zero-order valence-corrected chi connectivity index (χ0v) is 8.75. The fourth-order valence-electron chi connectivity index (χ4n) is 1.46. The average molecular weight is 233 g/mol. The molecular formula is C12H11NO4. The Morgan fingerprint density at radius 1 is 0.824 bits per heavy atom. The largest absolute Gasteiger partial charge is 0.508 e. The molecule has 0 bridgehead atoms. The highest BCUT2D eigenvalue weighted by atomic mass is 16.3. The Morgan fingerprint density at radius 2 is 1.47 bits per heavy atom. The van der Waals surface area contributed by atoms with Crippen molar-refractivity contribution < 1.29 is 20.4 Å². The number of anilines is 2. The van der Waals surface area contributed by atoms with Gasteiger partial charge >= 0.3 is 0 Å². The van der Waals surface area contributed by atoms with Crippen molar-refractivity contribution in [1.29, 1.82) is 0 Å². The van der Waals surface area contributed by atoms with Gasteiger partial charge in [-0.05, 0) is 12.1 Å². The molecule has 0 saturated heterocycles. The van der Waals surface area contributed by atoms with E-state index in [4.69, 9.17) is 0 Å². The molecule has 0 spiro atoms. The Balaban J connectivity index is 2.34. The molecule has 0 aromatic heterocycles. The fourth-order valence-corrected chi connectivity index (χ4v) is 1.46. The summed E-state index contributed by atoms with van der Waals surface area (Å²) in [6.07, 6.45) is 0. The van der Waals surface area contributed by atoms with Gasteiger partial charge in [0, 0.05) is 23.9 Å². The monoisotopic (exact) mass is 233 g/mol. The molecule has 88 valence electrons. The predicted octanol–water partition coefficient (Wildman–Crippen LogP) is 2.25. The number of rotatable bonds is 2. The first-order chi connectivity index (χ1) is 8.06. The Kier molecular flexibility index (Phi) is 2.66. The summed E-state index contributed by atoms with van der Waals surface area (Å²) < 4.78 is 0. The third-order valence-electron chi connectivity index (χ3n) is 2.20. The minimum absolute atomic E-state index is 0.104. The number of nitrogens with one attached hydrogen (secondary N) is 1. The molecular weight excluding hydrogens is 222 g/mol. The SMILES string of the molecule is Oc1cc(O)cc(Nc2cccc(O)c2O)c1. The molecule has 17 heavy (non-hydrogen) atoms. The summed E-state index contributed by atoms with van der Waals surface area (Å²) >= 11 is 0. The van der Waals surface area contributed by atoms with E-state index in [1.54, 1.807) is 12.1 Å². The van der Waals surface area contributed by atoms with Gasteiger partial charge in [0.2, 0.25) is 0 Å². The second-order valence-electron chi connectivity index (χ2n) is 3.54. The lowest BCUT2D eigenvalue weighted by atomic mass is 10.2. The number of para-hydroxylation sites is 1. The minimum atomic E-state index is -0.296. The topological polar surface area (TPSA) is 93.0 Å². The molecule has 2 aromatic rings. The molecule has 0 fully saturated rings. The predicted molar refractivity (Wildman–Crippen MR) is 62.8 cm³/mol. The fraction of sp³-hybridized carbons (Fsp3) is 0. The number of aromatic hydroxyl groups is 4. The Morgan fingerprint density at radius 3 is 2.12 bits per heavy atom. The van der Waals surface area contributed by atoms with Gasteiger partial charge in [0.05, 0.1) is 5.69 Å². The van der Waals surface area contributed by atoms with E-state index in [0.717, 1.165) is 0 Å². The third-order valence-corrected chi connectivity index (χ3v) is 2.20. The third kappa shape index (κ3) is 2.34. The van der Waals surface area contributed by atoms with Gasteiger partial charge in [-0.15, -0.1) is 0 Å². The summed E-state index contributed by atoms with van der Waals surface area (Å²) in [7, 11) is 0. The van der Waals surface area contributed by atoms with Crippen molar-refractivity contribution >= 4 is 11.4 Å². The molecule has 2 rings (SSSR count).